The summed E-state index contributed by atoms with van der Waals surface area (Å²) in [4.78, 5) is 0. The Balaban J connectivity index is 2.11. The van der Waals surface area contributed by atoms with Gasteiger partial charge in [0.2, 0.25) is 0 Å². The average Bonchev–Trinajstić information content (AvgIpc) is 2.64. The van der Waals surface area contributed by atoms with Crippen LogP contribution in [0.1, 0.15) is 0 Å². The van der Waals surface area contributed by atoms with Gasteiger partial charge >= 0.3 is 0 Å². The first-order valence-electron chi connectivity index (χ1n) is 7.54. The topological polar surface area (TPSA) is 99.4 Å². The Labute approximate surface area is 150 Å². The van der Waals surface area contributed by atoms with Gasteiger partial charge in [-0.15, -0.1) is 0 Å². The summed E-state index contributed by atoms with van der Waals surface area (Å²) in [6.45, 7) is -2.36. The number of benzene rings is 2. The molecule has 2 aromatic rings. The van der Waals surface area contributed by atoms with Crippen molar-refractivity contribution in [2.24, 2.45) is 5.41 Å². The van der Waals surface area contributed by atoms with Gasteiger partial charge in [-0.3, -0.25) is 0 Å². The van der Waals surface area contributed by atoms with E-state index in [0.717, 1.165) is 0 Å². The van der Waals surface area contributed by atoms with Crippen molar-refractivity contribution in [3.05, 3.63) is 47.5 Å². The van der Waals surface area contributed by atoms with Gasteiger partial charge in [-0.2, -0.15) is 0 Å². The van der Waals surface area contributed by atoms with Gasteiger partial charge in [0, 0.05) is 24.3 Å². The van der Waals surface area contributed by atoms with Gasteiger partial charge in [-0.25, -0.2) is 17.6 Å². The van der Waals surface area contributed by atoms with Crippen LogP contribution >= 0.6 is 0 Å². The van der Waals surface area contributed by atoms with Gasteiger partial charge in [0.1, 0.15) is 24.7 Å². The molecular formula is C17H16F4O6. The summed E-state index contributed by atoms with van der Waals surface area (Å²) >= 11 is 0. The lowest BCUT2D eigenvalue weighted by Gasteiger charge is -2.29. The number of phenolic OH excluding ortho intramolecular Hbond substituents is 2. The number of hydrogen-bond donors (Lipinski definition) is 4. The van der Waals surface area contributed by atoms with Crippen LogP contribution < -0.4 is 9.47 Å². The summed E-state index contributed by atoms with van der Waals surface area (Å²) in [5.41, 5.74) is -1.49. The smallest absolute Gasteiger partial charge is 0.188 e. The van der Waals surface area contributed by atoms with Crippen LogP contribution in [-0.2, 0) is 0 Å². The van der Waals surface area contributed by atoms with E-state index in [-0.39, 0.29) is 11.5 Å². The summed E-state index contributed by atoms with van der Waals surface area (Å²) < 4.78 is 63.6. The summed E-state index contributed by atoms with van der Waals surface area (Å²) in [7, 11) is 0. The van der Waals surface area contributed by atoms with Crippen molar-refractivity contribution in [1.82, 2.24) is 0 Å². The fourth-order valence-electron chi connectivity index (χ4n) is 2.00. The largest absolute Gasteiger partial charge is 0.503 e. The molecule has 148 valence electrons. The second kappa shape index (κ2) is 8.31. The molecule has 4 N–H and O–H groups in total. The van der Waals surface area contributed by atoms with E-state index in [1.165, 1.54) is 0 Å². The lowest BCUT2D eigenvalue weighted by Crippen LogP contribution is -2.42. The zero-order chi connectivity index (χ0) is 20.2. The van der Waals surface area contributed by atoms with E-state index in [1.807, 2.05) is 0 Å². The van der Waals surface area contributed by atoms with Crippen molar-refractivity contribution in [1.29, 1.82) is 0 Å². The maximum atomic E-state index is 13.3. The van der Waals surface area contributed by atoms with E-state index in [0.29, 0.717) is 24.3 Å². The Kier molecular flexibility index (Phi) is 6.34. The first kappa shape index (κ1) is 20.6. The summed E-state index contributed by atoms with van der Waals surface area (Å²) in [5, 5.41) is 37.2. The standard InChI is InChI=1S/C17H16F4O6/c18-11-1-9(2-12(19)15(11)24)26-7-17(5-22,6-23)8-27-10-3-13(20)16(25)14(21)4-10/h1-4,22-25H,5-8H2. The molecular weight excluding hydrogens is 376 g/mol. The SMILES string of the molecule is OCC(CO)(COc1cc(F)c(O)c(F)c1)COc1cc(F)c(O)c(F)c1. The molecule has 0 unspecified atom stereocenters. The molecule has 10 heteroatoms. The third-order valence-corrected chi connectivity index (χ3v) is 3.74. The van der Waals surface area contributed by atoms with Crippen LogP contribution in [0.2, 0.25) is 0 Å². The molecule has 0 saturated heterocycles. The fraction of sp³-hybridized carbons (Fsp3) is 0.294. The minimum atomic E-state index is -1.49. The first-order valence-corrected chi connectivity index (χ1v) is 7.54. The summed E-state index contributed by atoms with van der Waals surface area (Å²) in [6.07, 6.45) is 0. The third-order valence-electron chi connectivity index (χ3n) is 3.74. The van der Waals surface area contributed by atoms with Crippen molar-refractivity contribution in [3.8, 4) is 23.0 Å². The highest BCUT2D eigenvalue weighted by atomic mass is 19.1. The molecule has 0 radical (unpaired) electrons. The Morgan fingerprint density at radius 1 is 0.667 bits per heavy atom. The lowest BCUT2D eigenvalue weighted by atomic mass is 9.92. The molecule has 0 aromatic heterocycles. The average molecular weight is 392 g/mol. The molecule has 27 heavy (non-hydrogen) atoms. The molecule has 2 aromatic carbocycles. The summed E-state index contributed by atoms with van der Waals surface area (Å²) in [6, 6.07) is 2.79. The van der Waals surface area contributed by atoms with Crippen molar-refractivity contribution >= 4 is 0 Å². The van der Waals surface area contributed by atoms with Crippen molar-refractivity contribution in [2.75, 3.05) is 26.4 Å². The zero-order valence-corrected chi connectivity index (χ0v) is 13.8. The van der Waals surface area contributed by atoms with Crippen LogP contribution in [0.5, 0.6) is 23.0 Å². The molecule has 0 aliphatic carbocycles. The number of aromatic hydroxyl groups is 2. The highest BCUT2D eigenvalue weighted by Gasteiger charge is 2.32. The van der Waals surface area contributed by atoms with Crippen molar-refractivity contribution < 1.29 is 47.5 Å². The van der Waals surface area contributed by atoms with Crippen molar-refractivity contribution in [2.45, 2.75) is 0 Å². The number of hydrogen-bond acceptors (Lipinski definition) is 6. The van der Waals surface area contributed by atoms with Crippen LogP contribution in [0, 0.1) is 28.7 Å². The van der Waals surface area contributed by atoms with Crippen molar-refractivity contribution in [3.63, 3.8) is 0 Å². The Morgan fingerprint density at radius 3 is 1.22 bits per heavy atom. The Hall–Kier alpha value is -2.72. The Morgan fingerprint density at radius 2 is 0.963 bits per heavy atom. The maximum absolute atomic E-state index is 13.3. The highest BCUT2D eigenvalue weighted by molar-refractivity contribution is 5.34. The molecule has 0 aliphatic rings. The third kappa shape index (κ3) is 4.72. The molecule has 0 heterocycles. The summed E-state index contributed by atoms with van der Waals surface area (Å²) in [5.74, 6) is -8.09. The molecule has 0 fully saturated rings. The molecule has 2 rings (SSSR count). The number of ether oxygens (including phenoxy) is 2. The van der Waals surface area contributed by atoms with Gasteiger partial charge in [0.25, 0.3) is 0 Å². The van der Waals surface area contributed by atoms with Crippen LogP contribution in [0.15, 0.2) is 24.3 Å². The maximum Gasteiger partial charge on any atom is 0.188 e. The number of aliphatic hydroxyl groups excluding tert-OH is 2. The molecule has 0 aliphatic heterocycles. The van der Waals surface area contributed by atoms with Gasteiger partial charge in [-0.1, -0.05) is 0 Å². The number of halogens is 4. The van der Waals surface area contributed by atoms with Gasteiger partial charge in [-0.05, 0) is 0 Å². The van der Waals surface area contributed by atoms with E-state index >= 15 is 0 Å². The quantitative estimate of drug-likeness (QED) is 0.514. The van der Waals surface area contributed by atoms with Gasteiger partial charge in [0.05, 0.1) is 18.6 Å². The fourth-order valence-corrected chi connectivity index (χ4v) is 2.00. The molecule has 0 atom stereocenters. The molecule has 0 amide bonds. The molecule has 6 nitrogen and oxygen atoms in total. The molecule has 0 bridgehead atoms. The first-order chi connectivity index (χ1) is 12.7. The van der Waals surface area contributed by atoms with Crippen LogP contribution in [0.4, 0.5) is 17.6 Å². The van der Waals surface area contributed by atoms with Crippen LogP contribution in [0.3, 0.4) is 0 Å². The van der Waals surface area contributed by atoms with E-state index < -0.39 is 66.6 Å². The highest BCUT2D eigenvalue weighted by Crippen LogP contribution is 2.29. The van der Waals surface area contributed by atoms with E-state index in [1.54, 1.807) is 0 Å². The van der Waals surface area contributed by atoms with Gasteiger partial charge in [0.15, 0.2) is 34.8 Å². The second-order valence-corrected chi connectivity index (χ2v) is 5.86. The number of phenols is 2. The van der Waals surface area contributed by atoms with Gasteiger partial charge < -0.3 is 29.9 Å². The molecule has 0 spiro atoms. The predicted molar refractivity (Wildman–Crippen MR) is 83.6 cm³/mol. The van der Waals surface area contributed by atoms with E-state index in [2.05, 4.69) is 0 Å². The van der Waals surface area contributed by atoms with E-state index in [9.17, 15) is 27.8 Å². The predicted octanol–water partition coefficient (Wildman–Crippen LogP) is 2.08. The van der Waals surface area contributed by atoms with E-state index in [4.69, 9.17) is 19.7 Å². The second-order valence-electron chi connectivity index (χ2n) is 5.86. The zero-order valence-electron chi connectivity index (χ0n) is 13.8. The number of aliphatic hydroxyl groups is 2. The van der Waals surface area contributed by atoms with Crippen LogP contribution in [0.25, 0.3) is 0 Å². The minimum absolute atomic E-state index is 0.323. The lowest BCUT2D eigenvalue weighted by molar-refractivity contribution is -0.0189. The normalized spacial score (nSPS) is 11.5. The Bertz CT molecular complexity index is 700. The monoisotopic (exact) mass is 392 g/mol. The minimum Gasteiger partial charge on any atom is -0.503 e. The molecule has 0 saturated carbocycles. The number of rotatable bonds is 8. The van der Waals surface area contributed by atoms with Crippen LogP contribution in [-0.4, -0.2) is 46.9 Å².